The van der Waals surface area contributed by atoms with E-state index in [4.69, 9.17) is 33.4 Å². The van der Waals surface area contributed by atoms with E-state index in [1.807, 2.05) is 30.3 Å². The molecule has 0 aliphatic carbocycles. The zero-order valence-electron chi connectivity index (χ0n) is 12.7. The number of fused-ring (bicyclic) bond motifs is 1. The summed E-state index contributed by atoms with van der Waals surface area (Å²) in [5.74, 6) is 1.20. The van der Waals surface area contributed by atoms with Crippen LogP contribution in [0.25, 0.3) is 22.6 Å². The fourth-order valence-corrected chi connectivity index (χ4v) is 2.65. The summed E-state index contributed by atoms with van der Waals surface area (Å²) in [5, 5.41) is 4.87. The predicted octanol–water partition coefficient (Wildman–Crippen LogP) is 4.92. The Labute approximate surface area is 152 Å². The summed E-state index contributed by atoms with van der Waals surface area (Å²) < 4.78 is 5.77. The van der Waals surface area contributed by atoms with Gasteiger partial charge in [0.25, 0.3) is 0 Å². The number of nitrogens with one attached hydrogen (secondary N) is 1. The molecule has 0 saturated heterocycles. The highest BCUT2D eigenvalue weighted by Gasteiger charge is 2.12. The number of hydrogen-bond acceptors (Lipinski definition) is 6. The Hall–Kier alpha value is -2.83. The molecule has 0 aliphatic rings. The van der Waals surface area contributed by atoms with Crippen LogP contribution < -0.4 is 11.1 Å². The number of para-hydroxylation sites is 1. The highest BCUT2D eigenvalue weighted by Crippen LogP contribution is 2.28. The van der Waals surface area contributed by atoms with E-state index in [-0.39, 0.29) is 11.9 Å². The van der Waals surface area contributed by atoms with E-state index in [0.717, 1.165) is 11.0 Å². The molecule has 0 unspecified atom stereocenters. The zero-order valence-corrected chi connectivity index (χ0v) is 14.2. The molecule has 0 radical (unpaired) electrons. The Kier molecular flexibility index (Phi) is 3.91. The van der Waals surface area contributed by atoms with Gasteiger partial charge in [-0.3, -0.25) is 0 Å². The topological polar surface area (TPSA) is 89.9 Å². The van der Waals surface area contributed by atoms with Gasteiger partial charge in [0.1, 0.15) is 5.58 Å². The molecule has 2 heterocycles. The highest BCUT2D eigenvalue weighted by molar-refractivity contribution is 6.42. The van der Waals surface area contributed by atoms with E-state index < -0.39 is 0 Å². The molecular formula is C17H11Cl2N5O. The van der Waals surface area contributed by atoms with E-state index in [1.54, 1.807) is 18.2 Å². The van der Waals surface area contributed by atoms with Crippen molar-refractivity contribution in [2.24, 2.45) is 0 Å². The van der Waals surface area contributed by atoms with Gasteiger partial charge >= 0.3 is 0 Å². The number of nitrogens with two attached hydrogens (primary N) is 1. The SMILES string of the molecule is Nc1nc(Nc2ccc(Cl)c(Cl)c2)nc(-c2cc3ccccc3o2)n1. The fourth-order valence-electron chi connectivity index (χ4n) is 2.35. The van der Waals surface area contributed by atoms with E-state index in [0.29, 0.717) is 27.3 Å². The molecule has 25 heavy (non-hydrogen) atoms. The average molecular weight is 372 g/mol. The monoisotopic (exact) mass is 371 g/mol. The van der Waals surface area contributed by atoms with Gasteiger partial charge in [-0.15, -0.1) is 0 Å². The third kappa shape index (κ3) is 3.22. The second kappa shape index (κ2) is 6.23. The maximum Gasteiger partial charge on any atom is 0.232 e. The zero-order chi connectivity index (χ0) is 17.4. The minimum absolute atomic E-state index is 0.0769. The minimum Gasteiger partial charge on any atom is -0.453 e. The van der Waals surface area contributed by atoms with Gasteiger partial charge in [0, 0.05) is 11.1 Å². The normalized spacial score (nSPS) is 11.0. The summed E-state index contributed by atoms with van der Waals surface area (Å²) in [5.41, 5.74) is 7.23. The Morgan fingerprint density at radius 2 is 1.76 bits per heavy atom. The van der Waals surface area contributed by atoms with Gasteiger partial charge < -0.3 is 15.5 Å². The van der Waals surface area contributed by atoms with Gasteiger partial charge in [0.2, 0.25) is 17.7 Å². The van der Waals surface area contributed by atoms with Crippen LogP contribution in [0.15, 0.2) is 52.9 Å². The van der Waals surface area contributed by atoms with Gasteiger partial charge in [0.05, 0.1) is 10.0 Å². The molecular weight excluding hydrogens is 361 g/mol. The number of halogens is 2. The van der Waals surface area contributed by atoms with Crippen LogP contribution in [0.5, 0.6) is 0 Å². The van der Waals surface area contributed by atoms with Crippen molar-refractivity contribution >= 4 is 51.8 Å². The molecule has 3 N–H and O–H groups in total. The summed E-state index contributed by atoms with van der Waals surface area (Å²) in [6.07, 6.45) is 0. The lowest BCUT2D eigenvalue weighted by Gasteiger charge is -2.07. The van der Waals surface area contributed by atoms with Crippen LogP contribution in [0.1, 0.15) is 0 Å². The lowest BCUT2D eigenvalue weighted by atomic mass is 10.2. The third-order valence-electron chi connectivity index (χ3n) is 3.47. The van der Waals surface area contributed by atoms with Crippen LogP contribution in [0.3, 0.4) is 0 Å². The average Bonchev–Trinajstić information content (AvgIpc) is 3.02. The van der Waals surface area contributed by atoms with Gasteiger partial charge in [-0.2, -0.15) is 15.0 Å². The molecule has 2 aromatic carbocycles. The van der Waals surface area contributed by atoms with Crippen molar-refractivity contribution in [2.75, 3.05) is 11.1 Å². The summed E-state index contributed by atoms with van der Waals surface area (Å²) in [4.78, 5) is 12.6. The molecule has 4 aromatic rings. The van der Waals surface area contributed by atoms with Gasteiger partial charge in [-0.05, 0) is 30.3 Å². The smallest absolute Gasteiger partial charge is 0.232 e. The molecule has 8 heteroatoms. The summed E-state index contributed by atoms with van der Waals surface area (Å²) in [6.45, 7) is 0. The number of hydrogen-bond donors (Lipinski definition) is 2. The number of benzene rings is 2. The molecule has 124 valence electrons. The second-order valence-electron chi connectivity index (χ2n) is 5.24. The lowest BCUT2D eigenvalue weighted by molar-refractivity contribution is 0.625. The van der Waals surface area contributed by atoms with Crippen molar-refractivity contribution < 1.29 is 4.42 Å². The standard InChI is InChI=1S/C17H11Cl2N5O/c18-11-6-5-10(8-12(11)19)21-17-23-15(22-16(20)24-17)14-7-9-3-1-2-4-13(9)25-14/h1-8H,(H3,20,21,22,23,24). The van der Waals surface area contributed by atoms with Crippen LogP contribution in [0.2, 0.25) is 10.0 Å². The van der Waals surface area contributed by atoms with Crippen molar-refractivity contribution in [1.29, 1.82) is 0 Å². The van der Waals surface area contributed by atoms with E-state index in [2.05, 4.69) is 20.3 Å². The molecule has 0 fully saturated rings. The van der Waals surface area contributed by atoms with Crippen molar-refractivity contribution in [3.8, 4) is 11.6 Å². The molecule has 4 rings (SSSR count). The minimum atomic E-state index is 0.0769. The molecule has 0 saturated carbocycles. The van der Waals surface area contributed by atoms with Crippen LogP contribution in [-0.2, 0) is 0 Å². The fraction of sp³-hybridized carbons (Fsp3) is 0. The van der Waals surface area contributed by atoms with Gasteiger partial charge in [-0.1, -0.05) is 41.4 Å². The number of aromatic nitrogens is 3. The quantitative estimate of drug-likeness (QED) is 0.531. The Balaban J connectivity index is 1.71. The van der Waals surface area contributed by atoms with Crippen LogP contribution in [-0.4, -0.2) is 15.0 Å². The van der Waals surface area contributed by atoms with E-state index in [9.17, 15) is 0 Å². The highest BCUT2D eigenvalue weighted by atomic mass is 35.5. The molecule has 0 atom stereocenters. The molecule has 0 spiro atoms. The van der Waals surface area contributed by atoms with Crippen molar-refractivity contribution in [1.82, 2.24) is 15.0 Å². The Bertz CT molecular complexity index is 1050. The first kappa shape index (κ1) is 15.7. The lowest BCUT2D eigenvalue weighted by Crippen LogP contribution is -2.04. The van der Waals surface area contributed by atoms with Crippen molar-refractivity contribution in [3.63, 3.8) is 0 Å². The summed E-state index contributed by atoms with van der Waals surface area (Å²) in [6, 6.07) is 14.6. The van der Waals surface area contributed by atoms with Crippen LogP contribution >= 0.6 is 23.2 Å². The first-order chi connectivity index (χ1) is 12.1. The van der Waals surface area contributed by atoms with Crippen LogP contribution in [0, 0.1) is 0 Å². The Morgan fingerprint density at radius 1 is 0.920 bits per heavy atom. The maximum absolute atomic E-state index is 6.02. The number of nitrogens with zero attached hydrogens (tertiary/aromatic N) is 3. The van der Waals surface area contributed by atoms with Crippen molar-refractivity contribution in [3.05, 3.63) is 58.6 Å². The summed E-state index contributed by atoms with van der Waals surface area (Å²) >= 11 is 11.9. The first-order valence-electron chi connectivity index (χ1n) is 7.31. The van der Waals surface area contributed by atoms with E-state index >= 15 is 0 Å². The molecule has 0 amide bonds. The number of nitrogen functional groups attached to an aromatic ring is 1. The Morgan fingerprint density at radius 3 is 2.56 bits per heavy atom. The molecule has 0 aliphatic heterocycles. The number of anilines is 3. The predicted molar refractivity (Wildman–Crippen MR) is 99.2 cm³/mol. The van der Waals surface area contributed by atoms with Gasteiger partial charge in [-0.25, -0.2) is 0 Å². The molecule has 2 aromatic heterocycles. The number of furan rings is 1. The van der Waals surface area contributed by atoms with Crippen LogP contribution in [0.4, 0.5) is 17.6 Å². The number of rotatable bonds is 3. The second-order valence-corrected chi connectivity index (χ2v) is 6.06. The maximum atomic E-state index is 6.02. The molecule has 6 nitrogen and oxygen atoms in total. The largest absolute Gasteiger partial charge is 0.453 e. The van der Waals surface area contributed by atoms with E-state index in [1.165, 1.54) is 0 Å². The van der Waals surface area contributed by atoms with Crippen molar-refractivity contribution in [2.45, 2.75) is 0 Å². The third-order valence-corrected chi connectivity index (χ3v) is 4.21. The summed E-state index contributed by atoms with van der Waals surface area (Å²) in [7, 11) is 0. The first-order valence-corrected chi connectivity index (χ1v) is 8.07. The van der Waals surface area contributed by atoms with Gasteiger partial charge in [0.15, 0.2) is 5.76 Å². The molecule has 0 bridgehead atoms.